The van der Waals surface area contributed by atoms with Crippen LogP contribution in [0.3, 0.4) is 0 Å². The maximum atomic E-state index is 13.1. The highest BCUT2D eigenvalue weighted by Gasteiger charge is 2.14. The second-order valence-electron chi connectivity index (χ2n) is 5.88. The topological polar surface area (TPSA) is 77.8 Å². The minimum Gasteiger partial charge on any atom is -0.322 e. The lowest BCUT2D eigenvalue weighted by Gasteiger charge is -2.08. The number of anilines is 1. The first-order chi connectivity index (χ1) is 13.1. The van der Waals surface area contributed by atoms with Gasteiger partial charge in [0, 0.05) is 10.6 Å². The predicted molar refractivity (Wildman–Crippen MR) is 106 cm³/mol. The zero-order valence-corrected chi connectivity index (χ0v) is 14.8. The van der Waals surface area contributed by atoms with Crippen molar-refractivity contribution < 1.29 is 9.18 Å². The number of amides is 1. The first-order valence-corrected chi connectivity index (χ1v) is 9.01. The first-order valence-electron chi connectivity index (χ1n) is 8.13. The quantitative estimate of drug-likeness (QED) is 0.464. The van der Waals surface area contributed by atoms with Gasteiger partial charge in [-0.15, -0.1) is 11.3 Å². The minimum atomic E-state index is -0.330. The normalized spacial score (nSPS) is 11.7. The molecular formula is C20H14FN3O2S. The van der Waals surface area contributed by atoms with Crippen molar-refractivity contribution in [2.75, 3.05) is 5.32 Å². The molecule has 0 unspecified atom stereocenters. The molecule has 5 nitrogen and oxygen atoms in total. The number of thiophene rings is 1. The van der Waals surface area contributed by atoms with Crippen molar-refractivity contribution in [1.29, 1.82) is 0 Å². The number of benzene rings is 2. The molecule has 2 heterocycles. The summed E-state index contributed by atoms with van der Waals surface area (Å²) >= 11 is 1.44. The van der Waals surface area contributed by atoms with E-state index >= 15 is 0 Å². The maximum Gasteiger partial charge on any atom is 0.323 e. The number of hydrogen-bond donors (Lipinski definition) is 3. The fourth-order valence-corrected chi connectivity index (χ4v) is 3.45. The van der Waals surface area contributed by atoms with Gasteiger partial charge in [-0.05, 0) is 53.4 Å². The molecule has 0 aliphatic rings. The third-order valence-corrected chi connectivity index (χ3v) is 4.89. The van der Waals surface area contributed by atoms with E-state index in [2.05, 4.69) is 15.3 Å². The SMILES string of the molecule is O=C(Nc1ccc2[nH]c(=O)[nH]c2c1)/C(=C/c1ccc(F)cc1)c1cccs1. The highest BCUT2D eigenvalue weighted by Crippen LogP contribution is 2.25. The lowest BCUT2D eigenvalue weighted by Crippen LogP contribution is -2.13. The highest BCUT2D eigenvalue weighted by atomic mass is 32.1. The number of hydrogen-bond acceptors (Lipinski definition) is 3. The zero-order valence-electron chi connectivity index (χ0n) is 14.0. The number of carbonyl (C=O) groups is 1. The molecule has 3 N–H and O–H groups in total. The molecule has 0 aliphatic heterocycles. The predicted octanol–water partition coefficient (Wildman–Crippen LogP) is 4.24. The van der Waals surface area contributed by atoms with Crippen LogP contribution in [0.25, 0.3) is 22.7 Å². The van der Waals surface area contributed by atoms with Crippen LogP contribution in [-0.2, 0) is 4.79 Å². The molecular weight excluding hydrogens is 365 g/mol. The summed E-state index contributed by atoms with van der Waals surface area (Å²) in [6.45, 7) is 0. The molecule has 0 fully saturated rings. The Labute approximate surface area is 157 Å². The largest absolute Gasteiger partial charge is 0.323 e. The van der Waals surface area contributed by atoms with E-state index in [1.54, 1.807) is 36.4 Å². The number of aromatic amines is 2. The van der Waals surface area contributed by atoms with Gasteiger partial charge < -0.3 is 15.3 Å². The molecule has 4 aromatic rings. The Bertz CT molecular complexity index is 1190. The summed E-state index contributed by atoms with van der Waals surface area (Å²) in [7, 11) is 0. The van der Waals surface area contributed by atoms with Crippen molar-refractivity contribution in [2.24, 2.45) is 0 Å². The number of fused-ring (bicyclic) bond motifs is 1. The van der Waals surface area contributed by atoms with Crippen LogP contribution in [0.4, 0.5) is 10.1 Å². The van der Waals surface area contributed by atoms with E-state index in [4.69, 9.17) is 0 Å². The van der Waals surface area contributed by atoms with Gasteiger partial charge in [-0.1, -0.05) is 18.2 Å². The first kappa shape index (κ1) is 17.0. The van der Waals surface area contributed by atoms with Gasteiger partial charge in [-0.25, -0.2) is 9.18 Å². The van der Waals surface area contributed by atoms with Gasteiger partial charge in [-0.2, -0.15) is 0 Å². The van der Waals surface area contributed by atoms with Gasteiger partial charge in [0.2, 0.25) is 0 Å². The van der Waals surface area contributed by atoms with Crippen LogP contribution in [0.2, 0.25) is 0 Å². The van der Waals surface area contributed by atoms with E-state index in [0.29, 0.717) is 22.3 Å². The molecule has 134 valence electrons. The third-order valence-electron chi connectivity index (χ3n) is 3.99. The van der Waals surface area contributed by atoms with Crippen LogP contribution < -0.4 is 11.0 Å². The number of nitrogens with one attached hydrogen (secondary N) is 3. The Morgan fingerprint density at radius 1 is 1.04 bits per heavy atom. The average Bonchev–Trinajstić information content (AvgIpc) is 3.29. The molecule has 4 rings (SSSR count). The summed E-state index contributed by atoms with van der Waals surface area (Å²) in [5.41, 5.74) is 2.73. The highest BCUT2D eigenvalue weighted by molar-refractivity contribution is 7.11. The monoisotopic (exact) mass is 379 g/mol. The Morgan fingerprint density at radius 2 is 1.81 bits per heavy atom. The Balaban J connectivity index is 1.67. The van der Waals surface area contributed by atoms with Gasteiger partial charge in [0.15, 0.2) is 0 Å². The number of halogens is 1. The molecule has 0 aliphatic carbocycles. The zero-order chi connectivity index (χ0) is 18.8. The van der Waals surface area contributed by atoms with Crippen molar-refractivity contribution in [3.63, 3.8) is 0 Å². The molecule has 0 atom stereocenters. The summed E-state index contributed by atoms with van der Waals surface area (Å²) in [4.78, 5) is 30.4. The van der Waals surface area contributed by atoms with Crippen molar-refractivity contribution in [1.82, 2.24) is 9.97 Å². The van der Waals surface area contributed by atoms with Crippen LogP contribution in [-0.4, -0.2) is 15.9 Å². The Kier molecular flexibility index (Phi) is 4.43. The summed E-state index contributed by atoms with van der Waals surface area (Å²) < 4.78 is 13.1. The van der Waals surface area contributed by atoms with Crippen molar-refractivity contribution in [3.8, 4) is 0 Å². The van der Waals surface area contributed by atoms with Crippen LogP contribution in [0, 0.1) is 5.82 Å². The van der Waals surface area contributed by atoms with E-state index in [1.807, 2.05) is 17.5 Å². The molecule has 0 spiro atoms. The molecule has 0 saturated heterocycles. The molecule has 27 heavy (non-hydrogen) atoms. The lowest BCUT2D eigenvalue weighted by atomic mass is 10.1. The smallest absolute Gasteiger partial charge is 0.322 e. The summed E-state index contributed by atoms with van der Waals surface area (Å²) in [5, 5.41) is 4.74. The van der Waals surface area contributed by atoms with Crippen LogP contribution >= 0.6 is 11.3 Å². The molecule has 1 amide bonds. The summed E-state index contributed by atoms with van der Waals surface area (Å²) in [6, 6.07) is 14.8. The van der Waals surface area contributed by atoms with Gasteiger partial charge in [0.1, 0.15) is 5.82 Å². The summed E-state index contributed by atoms with van der Waals surface area (Å²) in [6.07, 6.45) is 1.72. The van der Waals surface area contributed by atoms with E-state index < -0.39 is 0 Å². The van der Waals surface area contributed by atoms with Crippen molar-refractivity contribution in [2.45, 2.75) is 0 Å². The fraction of sp³-hybridized carbons (Fsp3) is 0. The van der Waals surface area contributed by atoms with E-state index in [9.17, 15) is 14.0 Å². The fourth-order valence-electron chi connectivity index (χ4n) is 2.71. The molecule has 2 aromatic heterocycles. The van der Waals surface area contributed by atoms with Crippen molar-refractivity contribution >= 4 is 45.6 Å². The molecule has 0 bridgehead atoms. The molecule has 0 saturated carbocycles. The average molecular weight is 379 g/mol. The number of H-pyrrole nitrogens is 2. The van der Waals surface area contributed by atoms with Gasteiger partial charge in [-0.3, -0.25) is 4.79 Å². The van der Waals surface area contributed by atoms with Crippen molar-refractivity contribution in [3.05, 3.63) is 86.7 Å². The third kappa shape index (κ3) is 3.73. The van der Waals surface area contributed by atoms with E-state index in [1.165, 1.54) is 23.5 Å². The Morgan fingerprint density at radius 3 is 2.56 bits per heavy atom. The van der Waals surface area contributed by atoms with Crippen LogP contribution in [0.15, 0.2) is 64.8 Å². The number of imidazole rings is 1. The van der Waals surface area contributed by atoms with Gasteiger partial charge in [0.05, 0.1) is 16.6 Å². The van der Waals surface area contributed by atoms with Gasteiger partial charge in [0.25, 0.3) is 5.91 Å². The second-order valence-corrected chi connectivity index (χ2v) is 6.83. The Hall–Kier alpha value is -3.45. The lowest BCUT2D eigenvalue weighted by molar-refractivity contribution is -0.111. The maximum absolute atomic E-state index is 13.1. The molecule has 0 radical (unpaired) electrons. The minimum absolute atomic E-state index is 0.293. The second kappa shape index (κ2) is 7.05. The number of carbonyl (C=O) groups excluding carboxylic acids is 1. The number of rotatable bonds is 4. The van der Waals surface area contributed by atoms with Crippen LogP contribution in [0.5, 0.6) is 0 Å². The standard InChI is InChI=1S/C20H14FN3O2S/c21-13-5-3-12(4-6-13)10-15(18-2-1-9-27-18)19(25)22-14-7-8-16-17(11-14)24-20(26)23-16/h1-11H,(H,22,25)(H2,23,24,26)/b15-10+. The number of aromatic nitrogens is 2. The van der Waals surface area contributed by atoms with E-state index in [-0.39, 0.29) is 17.4 Å². The summed E-state index contributed by atoms with van der Waals surface area (Å²) in [5.74, 6) is -0.623. The van der Waals surface area contributed by atoms with Crippen LogP contribution in [0.1, 0.15) is 10.4 Å². The molecule has 2 aromatic carbocycles. The molecule has 7 heteroatoms. The van der Waals surface area contributed by atoms with Gasteiger partial charge >= 0.3 is 5.69 Å². The van der Waals surface area contributed by atoms with E-state index in [0.717, 1.165) is 10.4 Å².